The van der Waals surface area contributed by atoms with Crippen LogP contribution in [0.2, 0.25) is 10.0 Å². The number of carbonyl (C=O) groups is 1. The summed E-state index contributed by atoms with van der Waals surface area (Å²) in [5.41, 5.74) is 2.26. The maximum atomic E-state index is 13.5. The lowest BCUT2D eigenvalue weighted by molar-refractivity contribution is -0.126. The van der Waals surface area contributed by atoms with Crippen LogP contribution in [-0.4, -0.2) is 45.0 Å². The van der Waals surface area contributed by atoms with Gasteiger partial charge in [0.15, 0.2) is 5.78 Å². The van der Waals surface area contributed by atoms with Crippen molar-refractivity contribution in [3.05, 3.63) is 63.1 Å². The topological polar surface area (TPSA) is 41.6 Å². The van der Waals surface area contributed by atoms with Gasteiger partial charge in [0.2, 0.25) is 0 Å². The second-order valence-electron chi connectivity index (χ2n) is 7.19. The molecule has 0 radical (unpaired) electrons. The van der Waals surface area contributed by atoms with E-state index in [0.717, 1.165) is 35.4 Å². The van der Waals surface area contributed by atoms with Crippen LogP contribution in [0.3, 0.4) is 0 Å². The van der Waals surface area contributed by atoms with E-state index in [9.17, 15) is 4.79 Å². The van der Waals surface area contributed by atoms with Gasteiger partial charge in [-0.15, -0.1) is 0 Å². The highest BCUT2D eigenvalue weighted by Crippen LogP contribution is 2.34. The standard InChI is InChI=1S/C21H24Cl2N2O2/c1-25(2)13-21(20(26)11-14-4-7-18(22)19(23)10-14)17-6-5-16(27-3)12-15(17)8-9-24-21/h4-7,10,12,24H,8-9,11,13H2,1-3H3. The van der Waals surface area contributed by atoms with Crippen molar-refractivity contribution in [2.75, 3.05) is 34.3 Å². The smallest absolute Gasteiger partial charge is 0.163 e. The minimum Gasteiger partial charge on any atom is -0.497 e. The van der Waals surface area contributed by atoms with Gasteiger partial charge in [-0.2, -0.15) is 0 Å². The number of methoxy groups -OCH3 is 1. The number of hydrogen-bond acceptors (Lipinski definition) is 4. The molecule has 27 heavy (non-hydrogen) atoms. The van der Waals surface area contributed by atoms with Crippen molar-refractivity contribution in [2.24, 2.45) is 0 Å². The van der Waals surface area contributed by atoms with E-state index >= 15 is 0 Å². The van der Waals surface area contributed by atoms with Crippen LogP contribution in [0.25, 0.3) is 0 Å². The molecule has 0 saturated heterocycles. The summed E-state index contributed by atoms with van der Waals surface area (Å²) in [5, 5.41) is 4.47. The highest BCUT2D eigenvalue weighted by molar-refractivity contribution is 6.42. The fourth-order valence-corrected chi connectivity index (χ4v) is 4.08. The Hall–Kier alpha value is -1.59. The van der Waals surface area contributed by atoms with Gasteiger partial charge in [-0.1, -0.05) is 35.3 Å². The van der Waals surface area contributed by atoms with Crippen molar-refractivity contribution >= 4 is 29.0 Å². The van der Waals surface area contributed by atoms with E-state index in [2.05, 4.69) is 5.32 Å². The van der Waals surface area contributed by atoms with E-state index in [1.54, 1.807) is 19.2 Å². The second kappa shape index (κ2) is 8.19. The molecule has 1 N–H and O–H groups in total. The fourth-order valence-electron chi connectivity index (χ4n) is 3.76. The summed E-state index contributed by atoms with van der Waals surface area (Å²) in [4.78, 5) is 15.6. The number of nitrogens with one attached hydrogen (secondary N) is 1. The lowest BCUT2D eigenvalue weighted by atomic mass is 9.77. The summed E-state index contributed by atoms with van der Waals surface area (Å²) in [6.07, 6.45) is 1.14. The average Bonchev–Trinajstić information content (AvgIpc) is 2.64. The van der Waals surface area contributed by atoms with Crippen LogP contribution >= 0.6 is 23.2 Å². The first-order chi connectivity index (χ1) is 12.9. The van der Waals surface area contributed by atoms with E-state index < -0.39 is 5.54 Å². The molecule has 0 amide bonds. The third-order valence-electron chi connectivity index (χ3n) is 4.97. The molecule has 6 heteroatoms. The third kappa shape index (κ3) is 4.14. The maximum Gasteiger partial charge on any atom is 0.163 e. The molecule has 0 spiro atoms. The SMILES string of the molecule is COc1ccc2c(c1)CCNC2(CN(C)C)C(=O)Cc1ccc(Cl)c(Cl)c1. The number of hydrogen-bond donors (Lipinski definition) is 1. The molecule has 0 bridgehead atoms. The molecule has 4 nitrogen and oxygen atoms in total. The second-order valence-corrected chi connectivity index (χ2v) is 8.01. The zero-order valence-electron chi connectivity index (χ0n) is 15.8. The molecule has 1 heterocycles. The molecule has 0 aliphatic carbocycles. The van der Waals surface area contributed by atoms with Gasteiger partial charge in [0.05, 0.1) is 17.2 Å². The zero-order chi connectivity index (χ0) is 19.6. The van der Waals surface area contributed by atoms with Gasteiger partial charge in [-0.25, -0.2) is 0 Å². The molecule has 1 aliphatic rings. The van der Waals surface area contributed by atoms with Crippen molar-refractivity contribution in [3.8, 4) is 5.75 Å². The highest BCUT2D eigenvalue weighted by Gasteiger charge is 2.43. The van der Waals surface area contributed by atoms with Gasteiger partial charge >= 0.3 is 0 Å². The number of rotatable bonds is 6. The highest BCUT2D eigenvalue weighted by atomic mass is 35.5. The van der Waals surface area contributed by atoms with Crippen LogP contribution in [0.15, 0.2) is 36.4 Å². The first-order valence-corrected chi connectivity index (χ1v) is 9.65. The van der Waals surface area contributed by atoms with Gasteiger partial charge < -0.3 is 9.64 Å². The van der Waals surface area contributed by atoms with Gasteiger partial charge in [-0.3, -0.25) is 10.1 Å². The number of Topliss-reactive ketones (excluding diaryl/α,β-unsaturated/α-hetero) is 1. The largest absolute Gasteiger partial charge is 0.497 e. The Morgan fingerprint density at radius 2 is 1.96 bits per heavy atom. The lowest BCUT2D eigenvalue weighted by Gasteiger charge is -2.41. The molecule has 1 atom stereocenters. The number of halogens is 2. The number of benzene rings is 2. The van der Waals surface area contributed by atoms with Crippen molar-refractivity contribution < 1.29 is 9.53 Å². The monoisotopic (exact) mass is 406 g/mol. The summed E-state index contributed by atoms with van der Waals surface area (Å²) >= 11 is 12.1. The summed E-state index contributed by atoms with van der Waals surface area (Å²) in [6, 6.07) is 11.3. The molecule has 0 fully saturated rings. The van der Waals surface area contributed by atoms with E-state index in [4.69, 9.17) is 27.9 Å². The summed E-state index contributed by atoms with van der Waals surface area (Å²) in [6.45, 7) is 1.31. The number of fused-ring (bicyclic) bond motifs is 1. The predicted molar refractivity (Wildman–Crippen MR) is 110 cm³/mol. The van der Waals surface area contributed by atoms with E-state index in [0.29, 0.717) is 16.6 Å². The molecule has 1 aliphatic heterocycles. The molecule has 0 saturated carbocycles. The molecular weight excluding hydrogens is 383 g/mol. The summed E-state index contributed by atoms with van der Waals surface area (Å²) < 4.78 is 5.37. The van der Waals surface area contributed by atoms with Crippen molar-refractivity contribution in [1.29, 1.82) is 0 Å². The quantitative estimate of drug-likeness (QED) is 0.793. The molecule has 3 rings (SSSR count). The van der Waals surface area contributed by atoms with Crippen LogP contribution in [0.1, 0.15) is 16.7 Å². The number of ketones is 1. The Morgan fingerprint density at radius 3 is 2.63 bits per heavy atom. The molecule has 2 aromatic carbocycles. The first-order valence-electron chi connectivity index (χ1n) is 8.90. The Morgan fingerprint density at radius 1 is 1.19 bits per heavy atom. The Balaban J connectivity index is 2.01. The number of nitrogens with zero attached hydrogens (tertiary/aromatic N) is 1. The average molecular weight is 407 g/mol. The zero-order valence-corrected chi connectivity index (χ0v) is 17.3. The van der Waals surface area contributed by atoms with Gasteiger partial charge in [-0.05, 0) is 61.5 Å². The van der Waals surface area contributed by atoms with Gasteiger partial charge in [0.1, 0.15) is 11.3 Å². The van der Waals surface area contributed by atoms with Crippen LogP contribution in [0.4, 0.5) is 0 Å². The van der Waals surface area contributed by atoms with Crippen molar-refractivity contribution in [3.63, 3.8) is 0 Å². The van der Waals surface area contributed by atoms with Crippen LogP contribution in [0.5, 0.6) is 5.75 Å². The molecular formula is C21H24Cl2N2O2. The van der Waals surface area contributed by atoms with E-state index in [-0.39, 0.29) is 12.2 Å². The summed E-state index contributed by atoms with van der Waals surface area (Å²) in [7, 11) is 5.62. The number of carbonyl (C=O) groups excluding carboxylic acids is 1. The molecule has 2 aromatic rings. The third-order valence-corrected chi connectivity index (χ3v) is 5.71. The Kier molecular flexibility index (Phi) is 6.11. The van der Waals surface area contributed by atoms with E-state index in [1.165, 1.54) is 0 Å². The van der Waals surface area contributed by atoms with Gasteiger partial charge in [0.25, 0.3) is 0 Å². The molecule has 144 valence electrons. The molecule has 1 unspecified atom stereocenters. The first kappa shape index (κ1) is 20.2. The number of ether oxygens (including phenoxy) is 1. The normalized spacial score (nSPS) is 19.0. The van der Waals surface area contributed by atoms with Crippen LogP contribution in [0, 0.1) is 0 Å². The summed E-state index contributed by atoms with van der Waals surface area (Å²) in [5.74, 6) is 0.923. The Bertz CT molecular complexity index is 854. The lowest BCUT2D eigenvalue weighted by Crippen LogP contribution is -2.58. The van der Waals surface area contributed by atoms with Crippen LogP contribution < -0.4 is 10.1 Å². The van der Waals surface area contributed by atoms with Crippen molar-refractivity contribution in [2.45, 2.75) is 18.4 Å². The Labute approximate surface area is 170 Å². The minimum absolute atomic E-state index is 0.112. The predicted octanol–water partition coefficient (Wildman–Crippen LogP) is 3.72. The molecule has 0 aromatic heterocycles. The fraction of sp³-hybridized carbons (Fsp3) is 0.381. The maximum absolute atomic E-state index is 13.5. The number of likely N-dealkylation sites (N-methyl/N-ethyl adjacent to an activating group) is 1. The van der Waals surface area contributed by atoms with E-state index in [1.807, 2.05) is 43.3 Å². The minimum atomic E-state index is -0.768. The van der Waals surface area contributed by atoms with Crippen molar-refractivity contribution in [1.82, 2.24) is 10.2 Å². The van der Waals surface area contributed by atoms with Crippen LogP contribution in [-0.2, 0) is 23.2 Å². The van der Waals surface area contributed by atoms with Gasteiger partial charge in [0, 0.05) is 19.5 Å².